The Balaban J connectivity index is 2.66. The summed E-state index contributed by atoms with van der Waals surface area (Å²) >= 11 is 0. The molecule has 0 fully saturated rings. The summed E-state index contributed by atoms with van der Waals surface area (Å²) in [6.45, 7) is 0. The third kappa shape index (κ3) is 1.68. The molecular formula is C13H7N3O. The van der Waals surface area contributed by atoms with Crippen molar-refractivity contribution in [2.24, 2.45) is 0 Å². The average Bonchev–Trinajstić information content (AvgIpc) is 2.39. The average molecular weight is 221 g/mol. The van der Waals surface area contributed by atoms with Gasteiger partial charge < -0.3 is 0 Å². The number of fused-ring (bicyclic) bond motifs is 1. The Bertz CT molecular complexity index is 598. The first-order chi connectivity index (χ1) is 8.31. The van der Waals surface area contributed by atoms with E-state index in [0.29, 0.717) is 17.8 Å². The number of amides is 1. The molecule has 0 aliphatic carbocycles. The summed E-state index contributed by atoms with van der Waals surface area (Å²) in [5.74, 6) is 0. The van der Waals surface area contributed by atoms with E-state index in [9.17, 15) is 4.79 Å². The van der Waals surface area contributed by atoms with Gasteiger partial charge in [-0.25, -0.2) is 0 Å². The lowest BCUT2D eigenvalue weighted by atomic mass is 10.0. The Morgan fingerprint density at radius 3 is 2.53 bits per heavy atom. The lowest BCUT2D eigenvalue weighted by Gasteiger charge is -2.24. The standard InChI is InChI=1S/C13H7N3O/c14-7-11(8-15)13-6-5-10-3-1-2-4-12(10)16(13)9-17/h1-6,9H. The predicted octanol–water partition coefficient (Wildman–Crippen LogP) is 1.98. The highest BCUT2D eigenvalue weighted by molar-refractivity contribution is 5.90. The van der Waals surface area contributed by atoms with E-state index in [1.54, 1.807) is 36.4 Å². The van der Waals surface area contributed by atoms with Crippen molar-refractivity contribution in [3.8, 4) is 12.1 Å². The van der Waals surface area contributed by atoms with Crippen LogP contribution in [-0.2, 0) is 4.79 Å². The van der Waals surface area contributed by atoms with Crippen molar-refractivity contribution in [2.75, 3.05) is 4.90 Å². The highest BCUT2D eigenvalue weighted by Gasteiger charge is 2.19. The van der Waals surface area contributed by atoms with Gasteiger partial charge in [-0.1, -0.05) is 24.3 Å². The van der Waals surface area contributed by atoms with Gasteiger partial charge in [-0.15, -0.1) is 0 Å². The number of carbonyl (C=O) groups is 1. The molecule has 1 aliphatic rings. The predicted molar refractivity (Wildman–Crippen MR) is 62.3 cm³/mol. The van der Waals surface area contributed by atoms with Crippen LogP contribution in [0, 0.1) is 22.7 Å². The van der Waals surface area contributed by atoms with E-state index in [1.807, 2.05) is 12.1 Å². The molecule has 4 nitrogen and oxygen atoms in total. The second kappa shape index (κ2) is 4.34. The molecule has 2 rings (SSSR count). The first kappa shape index (κ1) is 10.7. The van der Waals surface area contributed by atoms with Crippen molar-refractivity contribution in [3.05, 3.63) is 47.2 Å². The van der Waals surface area contributed by atoms with Crippen molar-refractivity contribution in [1.82, 2.24) is 0 Å². The molecule has 1 aliphatic heterocycles. The first-order valence-electron chi connectivity index (χ1n) is 4.88. The zero-order chi connectivity index (χ0) is 12.3. The molecule has 1 aromatic carbocycles. The minimum atomic E-state index is -0.0807. The smallest absolute Gasteiger partial charge is 0.218 e. The van der Waals surface area contributed by atoms with Crippen LogP contribution in [-0.4, -0.2) is 6.41 Å². The van der Waals surface area contributed by atoms with Crippen molar-refractivity contribution in [3.63, 3.8) is 0 Å². The maximum Gasteiger partial charge on any atom is 0.218 e. The molecule has 0 spiro atoms. The molecule has 0 unspecified atom stereocenters. The SMILES string of the molecule is N#CC(C#N)=C1C=Cc2ccccc2N1C=O. The van der Waals surface area contributed by atoms with Gasteiger partial charge in [-0.2, -0.15) is 10.5 Å². The molecule has 17 heavy (non-hydrogen) atoms. The van der Waals surface area contributed by atoms with E-state index in [0.717, 1.165) is 5.56 Å². The molecule has 1 heterocycles. The van der Waals surface area contributed by atoms with E-state index in [-0.39, 0.29) is 5.57 Å². The van der Waals surface area contributed by atoms with Crippen LogP contribution >= 0.6 is 0 Å². The fourth-order valence-corrected chi connectivity index (χ4v) is 1.68. The number of nitriles is 2. The summed E-state index contributed by atoms with van der Waals surface area (Å²) in [4.78, 5) is 12.4. The van der Waals surface area contributed by atoms with Crippen LogP contribution in [0.25, 0.3) is 6.08 Å². The second-order valence-electron chi connectivity index (χ2n) is 3.35. The number of anilines is 1. The van der Waals surface area contributed by atoms with Crippen LogP contribution in [0.15, 0.2) is 41.6 Å². The van der Waals surface area contributed by atoms with Crippen molar-refractivity contribution in [1.29, 1.82) is 10.5 Å². The van der Waals surface area contributed by atoms with Crippen molar-refractivity contribution >= 4 is 18.2 Å². The zero-order valence-corrected chi connectivity index (χ0v) is 8.79. The molecular weight excluding hydrogens is 214 g/mol. The van der Waals surface area contributed by atoms with E-state index in [1.165, 1.54) is 4.90 Å². The van der Waals surface area contributed by atoms with Gasteiger partial charge in [0.2, 0.25) is 6.41 Å². The molecule has 1 amide bonds. The quantitative estimate of drug-likeness (QED) is 0.537. The highest BCUT2D eigenvalue weighted by atomic mass is 16.1. The monoisotopic (exact) mass is 221 g/mol. The van der Waals surface area contributed by atoms with Gasteiger partial charge in [0.05, 0.1) is 11.4 Å². The van der Waals surface area contributed by atoms with Gasteiger partial charge in [0.15, 0.2) is 5.57 Å². The largest absolute Gasteiger partial charge is 0.281 e. The first-order valence-corrected chi connectivity index (χ1v) is 4.88. The topological polar surface area (TPSA) is 67.9 Å². The Morgan fingerprint density at radius 1 is 1.18 bits per heavy atom. The third-order valence-electron chi connectivity index (χ3n) is 2.46. The fourth-order valence-electron chi connectivity index (χ4n) is 1.68. The number of nitrogens with zero attached hydrogens (tertiary/aromatic N) is 3. The number of allylic oxidation sites excluding steroid dienone is 2. The van der Waals surface area contributed by atoms with Gasteiger partial charge in [-0.05, 0) is 17.7 Å². The minimum Gasteiger partial charge on any atom is -0.281 e. The third-order valence-corrected chi connectivity index (χ3v) is 2.46. The normalized spacial score (nSPS) is 12.4. The Hall–Kier alpha value is -2.85. The van der Waals surface area contributed by atoms with Crippen LogP contribution in [0.5, 0.6) is 0 Å². The summed E-state index contributed by atoms with van der Waals surface area (Å²) in [5.41, 5.74) is 1.77. The van der Waals surface area contributed by atoms with Crippen LogP contribution in [0.3, 0.4) is 0 Å². The number of rotatable bonds is 1. The Kier molecular flexibility index (Phi) is 2.72. The molecule has 0 radical (unpaired) electrons. The van der Waals surface area contributed by atoms with Gasteiger partial charge in [0.1, 0.15) is 12.1 Å². The molecule has 0 atom stereocenters. The van der Waals surface area contributed by atoms with E-state index < -0.39 is 0 Å². The maximum absolute atomic E-state index is 11.1. The summed E-state index contributed by atoms with van der Waals surface area (Å²) in [7, 11) is 0. The highest BCUT2D eigenvalue weighted by Crippen LogP contribution is 2.30. The molecule has 0 aromatic heterocycles. The van der Waals surface area contributed by atoms with Crippen molar-refractivity contribution in [2.45, 2.75) is 0 Å². The molecule has 80 valence electrons. The number of para-hydroxylation sites is 1. The van der Waals surface area contributed by atoms with E-state index in [4.69, 9.17) is 10.5 Å². The lowest BCUT2D eigenvalue weighted by molar-refractivity contribution is -0.107. The Labute approximate surface area is 98.3 Å². The van der Waals surface area contributed by atoms with Gasteiger partial charge >= 0.3 is 0 Å². The summed E-state index contributed by atoms with van der Waals surface area (Å²) in [6.07, 6.45) is 3.98. The molecule has 0 saturated heterocycles. The van der Waals surface area contributed by atoms with Crippen LogP contribution in [0.4, 0.5) is 5.69 Å². The molecule has 0 bridgehead atoms. The molecule has 0 N–H and O–H groups in total. The summed E-state index contributed by atoms with van der Waals surface area (Å²) < 4.78 is 0. The molecule has 1 aromatic rings. The number of hydrogen-bond donors (Lipinski definition) is 0. The van der Waals surface area contributed by atoms with E-state index in [2.05, 4.69) is 0 Å². The summed E-state index contributed by atoms with van der Waals surface area (Å²) in [6, 6.07) is 10.8. The molecule has 0 saturated carbocycles. The Morgan fingerprint density at radius 2 is 1.88 bits per heavy atom. The van der Waals surface area contributed by atoms with Gasteiger partial charge in [-0.3, -0.25) is 9.69 Å². The number of carbonyl (C=O) groups excluding carboxylic acids is 1. The second-order valence-corrected chi connectivity index (χ2v) is 3.35. The maximum atomic E-state index is 11.1. The van der Waals surface area contributed by atoms with Crippen LogP contribution < -0.4 is 4.90 Å². The van der Waals surface area contributed by atoms with Crippen molar-refractivity contribution < 1.29 is 4.79 Å². The van der Waals surface area contributed by atoms with E-state index >= 15 is 0 Å². The van der Waals surface area contributed by atoms with Crippen LogP contribution in [0.2, 0.25) is 0 Å². The summed E-state index contributed by atoms with van der Waals surface area (Å²) in [5, 5.41) is 17.7. The van der Waals surface area contributed by atoms with Gasteiger partial charge in [0, 0.05) is 0 Å². The zero-order valence-electron chi connectivity index (χ0n) is 8.79. The molecule has 4 heteroatoms. The number of hydrogen-bond acceptors (Lipinski definition) is 3. The fraction of sp³-hybridized carbons (Fsp3) is 0. The number of benzene rings is 1. The van der Waals surface area contributed by atoms with Gasteiger partial charge in [0.25, 0.3) is 0 Å². The lowest BCUT2D eigenvalue weighted by Crippen LogP contribution is -2.23. The van der Waals surface area contributed by atoms with Crippen LogP contribution in [0.1, 0.15) is 5.56 Å². The minimum absolute atomic E-state index is 0.0807.